The van der Waals surface area contributed by atoms with Gasteiger partial charge in [-0.15, -0.1) is 0 Å². The molecule has 5 heteroatoms. The molecule has 23 heavy (non-hydrogen) atoms. The lowest BCUT2D eigenvalue weighted by Gasteiger charge is -2.13. The second kappa shape index (κ2) is 6.38. The minimum atomic E-state index is -0.843. The smallest absolute Gasteiger partial charge is 0.176 e. The van der Waals surface area contributed by atoms with Crippen molar-refractivity contribution in [3.63, 3.8) is 0 Å². The number of fused-ring (bicyclic) bond motifs is 1. The van der Waals surface area contributed by atoms with Crippen LogP contribution in [0.3, 0.4) is 0 Å². The van der Waals surface area contributed by atoms with Gasteiger partial charge in [-0.05, 0) is 36.8 Å². The van der Waals surface area contributed by atoms with Crippen molar-refractivity contribution in [2.75, 3.05) is 7.11 Å². The van der Waals surface area contributed by atoms with Gasteiger partial charge in [0.05, 0.1) is 13.7 Å². The van der Waals surface area contributed by atoms with Crippen LogP contribution >= 0.6 is 0 Å². The third-order valence-electron chi connectivity index (χ3n) is 3.81. The van der Waals surface area contributed by atoms with Gasteiger partial charge in [0.1, 0.15) is 5.76 Å². The predicted octanol–water partition coefficient (Wildman–Crippen LogP) is 4.57. The molecule has 1 N–H and O–H groups in total. The average Bonchev–Trinajstić information content (AvgIpc) is 2.98. The summed E-state index contributed by atoms with van der Waals surface area (Å²) in [6, 6.07) is 11.4. The molecule has 0 radical (unpaired) electrons. The molecule has 1 heterocycles. The summed E-state index contributed by atoms with van der Waals surface area (Å²) < 4.78 is 37.3. The molecule has 0 saturated heterocycles. The number of hydrogen-bond donors (Lipinski definition) is 1. The average molecular weight is 317 g/mol. The fourth-order valence-corrected chi connectivity index (χ4v) is 2.49. The van der Waals surface area contributed by atoms with Gasteiger partial charge in [-0.3, -0.25) is 0 Å². The summed E-state index contributed by atoms with van der Waals surface area (Å²) in [6.07, 6.45) is 0. The molecular weight excluding hydrogens is 300 g/mol. The fraction of sp³-hybridized carbons (Fsp3) is 0.222. The second-order valence-corrected chi connectivity index (χ2v) is 5.37. The standard InChI is InChI=1S/C18H17F2NO2/c1-11(12-6-7-15(19)16(20)9-12)21-10-14-8-13-4-3-5-17(22-2)18(13)23-14/h3-9,11,21H,10H2,1-2H3/t11-/m1/s1. The second-order valence-electron chi connectivity index (χ2n) is 5.37. The molecule has 0 aliphatic rings. The van der Waals surface area contributed by atoms with Crippen LogP contribution in [-0.2, 0) is 6.54 Å². The Kier molecular flexibility index (Phi) is 4.30. The van der Waals surface area contributed by atoms with Gasteiger partial charge in [0, 0.05) is 11.4 Å². The van der Waals surface area contributed by atoms with E-state index in [-0.39, 0.29) is 6.04 Å². The maximum atomic E-state index is 13.3. The quantitative estimate of drug-likeness (QED) is 0.748. The molecule has 1 atom stereocenters. The number of furan rings is 1. The first kappa shape index (κ1) is 15.5. The Morgan fingerprint density at radius 3 is 2.70 bits per heavy atom. The van der Waals surface area contributed by atoms with Crippen LogP contribution in [0.15, 0.2) is 46.9 Å². The van der Waals surface area contributed by atoms with Crippen molar-refractivity contribution < 1.29 is 17.9 Å². The molecule has 1 aromatic heterocycles. The lowest BCUT2D eigenvalue weighted by atomic mass is 10.1. The summed E-state index contributed by atoms with van der Waals surface area (Å²) in [5.41, 5.74) is 1.38. The van der Waals surface area contributed by atoms with Crippen molar-refractivity contribution >= 4 is 11.0 Å². The molecule has 0 bridgehead atoms. The van der Waals surface area contributed by atoms with E-state index in [1.54, 1.807) is 13.2 Å². The molecule has 3 aromatic rings. The van der Waals surface area contributed by atoms with Crippen LogP contribution in [0.1, 0.15) is 24.3 Å². The van der Waals surface area contributed by atoms with E-state index < -0.39 is 11.6 Å². The number of rotatable bonds is 5. The minimum Gasteiger partial charge on any atom is -0.493 e. The van der Waals surface area contributed by atoms with Gasteiger partial charge in [-0.2, -0.15) is 0 Å². The van der Waals surface area contributed by atoms with Crippen LogP contribution < -0.4 is 10.1 Å². The van der Waals surface area contributed by atoms with Crippen LogP contribution in [0.25, 0.3) is 11.0 Å². The van der Waals surface area contributed by atoms with Crippen molar-refractivity contribution in [2.24, 2.45) is 0 Å². The molecule has 0 aliphatic heterocycles. The summed E-state index contributed by atoms with van der Waals surface area (Å²) in [4.78, 5) is 0. The predicted molar refractivity (Wildman–Crippen MR) is 84.4 cm³/mol. The van der Waals surface area contributed by atoms with Gasteiger partial charge in [-0.1, -0.05) is 18.2 Å². The molecule has 0 unspecified atom stereocenters. The van der Waals surface area contributed by atoms with Gasteiger partial charge in [0.25, 0.3) is 0 Å². The number of hydrogen-bond acceptors (Lipinski definition) is 3. The van der Waals surface area contributed by atoms with Crippen molar-refractivity contribution in [1.82, 2.24) is 5.32 Å². The number of halogens is 2. The lowest BCUT2D eigenvalue weighted by molar-refractivity contribution is 0.404. The Balaban J connectivity index is 1.73. The summed E-state index contributed by atoms with van der Waals surface area (Å²) in [5, 5.41) is 4.20. The molecule has 120 valence electrons. The zero-order chi connectivity index (χ0) is 16.4. The first-order valence-corrected chi connectivity index (χ1v) is 7.32. The largest absolute Gasteiger partial charge is 0.493 e. The van der Waals surface area contributed by atoms with Gasteiger partial charge in [-0.25, -0.2) is 8.78 Å². The van der Waals surface area contributed by atoms with Crippen LogP contribution in [-0.4, -0.2) is 7.11 Å². The van der Waals surface area contributed by atoms with Gasteiger partial charge in [0.2, 0.25) is 0 Å². The van der Waals surface area contributed by atoms with Gasteiger partial charge in [0.15, 0.2) is 23.0 Å². The number of ether oxygens (including phenoxy) is 1. The highest BCUT2D eigenvalue weighted by molar-refractivity contribution is 5.83. The number of para-hydroxylation sites is 1. The molecule has 2 aromatic carbocycles. The van der Waals surface area contributed by atoms with Crippen molar-refractivity contribution in [3.8, 4) is 5.75 Å². The Morgan fingerprint density at radius 2 is 1.96 bits per heavy atom. The zero-order valence-corrected chi connectivity index (χ0v) is 12.9. The third-order valence-corrected chi connectivity index (χ3v) is 3.81. The van der Waals surface area contributed by atoms with E-state index in [1.807, 2.05) is 31.2 Å². The summed E-state index contributed by atoms with van der Waals surface area (Å²) in [5.74, 6) is -0.253. The topological polar surface area (TPSA) is 34.4 Å². The molecule has 0 saturated carbocycles. The Bertz CT molecular complexity index is 829. The van der Waals surface area contributed by atoms with E-state index in [2.05, 4.69) is 5.32 Å². The molecule has 0 fully saturated rings. The van der Waals surface area contributed by atoms with E-state index in [4.69, 9.17) is 9.15 Å². The van der Waals surface area contributed by atoms with Gasteiger partial charge < -0.3 is 14.5 Å². The molecule has 3 nitrogen and oxygen atoms in total. The highest BCUT2D eigenvalue weighted by Crippen LogP contribution is 2.28. The van der Waals surface area contributed by atoms with E-state index in [0.29, 0.717) is 23.4 Å². The van der Waals surface area contributed by atoms with Crippen LogP contribution in [0.5, 0.6) is 5.75 Å². The number of nitrogens with one attached hydrogen (secondary N) is 1. The van der Waals surface area contributed by atoms with Crippen molar-refractivity contribution in [2.45, 2.75) is 19.5 Å². The minimum absolute atomic E-state index is 0.139. The normalized spacial score (nSPS) is 12.5. The zero-order valence-electron chi connectivity index (χ0n) is 12.9. The summed E-state index contributed by atoms with van der Waals surface area (Å²) in [6.45, 7) is 2.36. The SMILES string of the molecule is COc1cccc2cc(CN[C@H](C)c3ccc(F)c(F)c3)oc12. The Labute approximate surface area is 132 Å². The van der Waals surface area contributed by atoms with E-state index in [1.165, 1.54) is 6.07 Å². The maximum absolute atomic E-state index is 13.3. The summed E-state index contributed by atoms with van der Waals surface area (Å²) in [7, 11) is 1.60. The lowest BCUT2D eigenvalue weighted by Crippen LogP contribution is -2.18. The highest BCUT2D eigenvalue weighted by Gasteiger charge is 2.12. The molecule has 0 spiro atoms. The first-order chi connectivity index (χ1) is 11.1. The van der Waals surface area contributed by atoms with Crippen LogP contribution in [0.2, 0.25) is 0 Å². The van der Waals surface area contributed by atoms with Crippen LogP contribution in [0, 0.1) is 11.6 Å². The Hall–Kier alpha value is -2.40. The van der Waals surface area contributed by atoms with E-state index in [9.17, 15) is 8.78 Å². The maximum Gasteiger partial charge on any atom is 0.176 e. The first-order valence-electron chi connectivity index (χ1n) is 7.32. The third kappa shape index (κ3) is 3.19. The molecular formula is C18H17F2NO2. The molecule has 0 amide bonds. The Morgan fingerprint density at radius 1 is 1.13 bits per heavy atom. The fourth-order valence-electron chi connectivity index (χ4n) is 2.49. The van der Waals surface area contributed by atoms with Crippen LogP contribution in [0.4, 0.5) is 8.78 Å². The van der Waals surface area contributed by atoms with E-state index in [0.717, 1.165) is 17.2 Å². The van der Waals surface area contributed by atoms with Crippen molar-refractivity contribution in [1.29, 1.82) is 0 Å². The number of benzene rings is 2. The monoisotopic (exact) mass is 317 g/mol. The van der Waals surface area contributed by atoms with Crippen molar-refractivity contribution in [3.05, 3.63) is 65.4 Å². The molecule has 0 aliphatic carbocycles. The number of methoxy groups -OCH3 is 1. The molecule has 3 rings (SSSR count). The van der Waals surface area contributed by atoms with E-state index >= 15 is 0 Å². The summed E-state index contributed by atoms with van der Waals surface area (Å²) >= 11 is 0. The highest BCUT2D eigenvalue weighted by atomic mass is 19.2. The van der Waals surface area contributed by atoms with Gasteiger partial charge >= 0.3 is 0 Å².